The highest BCUT2D eigenvalue weighted by molar-refractivity contribution is 4.93. The SMILES string of the molecule is CO[C@@H]1O[C@@H](CO)[C@@H](O[C@@H]2OC(CO)[C@@H](C)[C@@H](O)C2O)C(O)C1O. The van der Waals surface area contributed by atoms with Crippen LogP contribution < -0.4 is 0 Å². The van der Waals surface area contributed by atoms with Crippen LogP contribution >= 0.6 is 0 Å². The molecule has 0 aromatic carbocycles. The summed E-state index contributed by atoms with van der Waals surface area (Å²) in [6.45, 7) is 0.666. The maximum atomic E-state index is 10.2. The Balaban J connectivity index is 2.12. The van der Waals surface area contributed by atoms with Crippen molar-refractivity contribution in [3.05, 3.63) is 0 Å². The Morgan fingerprint density at radius 3 is 1.88 bits per heavy atom. The number of rotatable bonds is 5. The molecule has 0 aliphatic carbocycles. The van der Waals surface area contributed by atoms with Crippen LogP contribution in [0.4, 0.5) is 0 Å². The van der Waals surface area contributed by atoms with E-state index in [1.807, 2.05) is 0 Å². The summed E-state index contributed by atoms with van der Waals surface area (Å²) in [5.41, 5.74) is 0. The molecule has 0 aromatic heterocycles. The van der Waals surface area contributed by atoms with Crippen LogP contribution in [0.1, 0.15) is 6.92 Å². The van der Waals surface area contributed by atoms with Gasteiger partial charge in [0.25, 0.3) is 0 Å². The lowest BCUT2D eigenvalue weighted by Gasteiger charge is -2.46. The molecular weight excluding hydrogens is 328 g/mol. The Hall–Kier alpha value is -0.400. The minimum absolute atomic E-state index is 0.396. The minimum atomic E-state index is -1.49. The van der Waals surface area contributed by atoms with E-state index in [4.69, 9.17) is 18.9 Å². The van der Waals surface area contributed by atoms with Crippen LogP contribution in [0.15, 0.2) is 0 Å². The van der Waals surface area contributed by atoms with Gasteiger partial charge < -0.3 is 49.6 Å². The largest absolute Gasteiger partial charge is 0.394 e. The van der Waals surface area contributed by atoms with E-state index in [0.29, 0.717) is 0 Å². The Labute approximate surface area is 139 Å². The fourth-order valence-corrected chi connectivity index (χ4v) is 2.96. The summed E-state index contributed by atoms with van der Waals surface area (Å²) in [6, 6.07) is 0. The molecule has 2 aliphatic rings. The zero-order valence-corrected chi connectivity index (χ0v) is 13.5. The van der Waals surface area contributed by atoms with Gasteiger partial charge in [-0.15, -0.1) is 0 Å². The van der Waals surface area contributed by atoms with Gasteiger partial charge in [-0.05, 0) is 0 Å². The molecule has 10 atom stereocenters. The zero-order valence-electron chi connectivity index (χ0n) is 13.5. The van der Waals surface area contributed by atoms with Crippen molar-refractivity contribution in [3.63, 3.8) is 0 Å². The molecule has 2 aliphatic heterocycles. The van der Waals surface area contributed by atoms with Gasteiger partial charge in [-0.2, -0.15) is 0 Å². The summed E-state index contributed by atoms with van der Waals surface area (Å²) >= 11 is 0. The Morgan fingerprint density at radius 2 is 1.33 bits per heavy atom. The number of aliphatic hydroxyl groups excluding tert-OH is 6. The third kappa shape index (κ3) is 3.73. The highest BCUT2D eigenvalue weighted by Gasteiger charge is 2.49. The highest BCUT2D eigenvalue weighted by atomic mass is 16.7. The lowest BCUT2D eigenvalue weighted by atomic mass is 9.91. The first-order valence-electron chi connectivity index (χ1n) is 7.78. The van der Waals surface area contributed by atoms with E-state index >= 15 is 0 Å². The molecule has 0 bridgehead atoms. The van der Waals surface area contributed by atoms with Crippen LogP contribution in [0.2, 0.25) is 0 Å². The summed E-state index contributed by atoms with van der Waals surface area (Å²) < 4.78 is 21.1. The van der Waals surface area contributed by atoms with Gasteiger partial charge in [0.05, 0.1) is 25.4 Å². The van der Waals surface area contributed by atoms with Crippen LogP contribution in [0, 0.1) is 5.92 Å². The van der Waals surface area contributed by atoms with E-state index in [1.54, 1.807) is 6.92 Å². The standard InChI is InChI=1S/C14H26O10/c1-5-6(3-15)22-14(10(19)8(5)17)24-12-7(4-16)23-13(21-2)11(20)9(12)18/h5-20H,3-4H2,1-2H3/t5-,6?,7+,8-,9?,10?,11?,12-,13-,14+/m1/s1. The Bertz CT molecular complexity index is 392. The predicted molar refractivity (Wildman–Crippen MR) is 76.6 cm³/mol. The number of methoxy groups -OCH3 is 1. The van der Waals surface area contributed by atoms with E-state index in [1.165, 1.54) is 7.11 Å². The number of ether oxygens (including phenoxy) is 4. The minimum Gasteiger partial charge on any atom is -0.394 e. The van der Waals surface area contributed by atoms with Crippen LogP contribution in [-0.4, -0.2) is 106 Å². The third-order valence-corrected chi connectivity index (χ3v) is 4.59. The lowest BCUT2D eigenvalue weighted by Crippen LogP contribution is -2.63. The molecule has 2 rings (SSSR count). The van der Waals surface area contributed by atoms with Crippen molar-refractivity contribution in [3.8, 4) is 0 Å². The van der Waals surface area contributed by atoms with Crippen molar-refractivity contribution in [1.29, 1.82) is 0 Å². The molecular formula is C14H26O10. The first kappa shape index (κ1) is 19.9. The summed E-state index contributed by atoms with van der Waals surface area (Å²) in [6.07, 6.45) is -11.2. The lowest BCUT2D eigenvalue weighted by molar-refractivity contribution is -0.353. The zero-order chi connectivity index (χ0) is 18.0. The first-order chi connectivity index (χ1) is 11.3. The van der Waals surface area contributed by atoms with Crippen LogP contribution in [0.5, 0.6) is 0 Å². The van der Waals surface area contributed by atoms with Gasteiger partial charge in [-0.25, -0.2) is 0 Å². The van der Waals surface area contributed by atoms with Gasteiger partial charge in [0.1, 0.15) is 30.5 Å². The van der Waals surface area contributed by atoms with Gasteiger partial charge in [0, 0.05) is 13.0 Å². The average Bonchev–Trinajstić information content (AvgIpc) is 2.59. The Morgan fingerprint density at radius 1 is 0.792 bits per heavy atom. The van der Waals surface area contributed by atoms with Crippen LogP contribution in [0.25, 0.3) is 0 Å². The second kappa shape index (κ2) is 8.32. The summed E-state index contributed by atoms with van der Waals surface area (Å²) in [4.78, 5) is 0. The quantitative estimate of drug-likeness (QED) is 0.293. The normalized spacial score (nSPS) is 50.0. The Kier molecular flexibility index (Phi) is 6.90. The molecule has 6 N–H and O–H groups in total. The fourth-order valence-electron chi connectivity index (χ4n) is 2.96. The van der Waals surface area contributed by atoms with Crippen LogP contribution in [-0.2, 0) is 18.9 Å². The van der Waals surface area contributed by atoms with Crippen molar-refractivity contribution >= 4 is 0 Å². The molecule has 0 saturated carbocycles. The molecule has 0 spiro atoms. The number of hydrogen-bond donors (Lipinski definition) is 6. The topological polar surface area (TPSA) is 158 Å². The van der Waals surface area contributed by atoms with E-state index in [9.17, 15) is 30.6 Å². The van der Waals surface area contributed by atoms with Crippen molar-refractivity contribution in [2.24, 2.45) is 5.92 Å². The van der Waals surface area contributed by atoms with Crippen molar-refractivity contribution < 1.29 is 49.6 Å². The number of aliphatic hydroxyl groups is 6. The molecule has 4 unspecified atom stereocenters. The molecule has 10 nitrogen and oxygen atoms in total. The van der Waals surface area contributed by atoms with Gasteiger partial charge in [0.15, 0.2) is 12.6 Å². The molecule has 0 radical (unpaired) electrons. The monoisotopic (exact) mass is 354 g/mol. The molecule has 2 heterocycles. The average molecular weight is 354 g/mol. The molecule has 24 heavy (non-hydrogen) atoms. The van der Waals surface area contributed by atoms with E-state index in [-0.39, 0.29) is 0 Å². The first-order valence-corrected chi connectivity index (χ1v) is 7.78. The van der Waals surface area contributed by atoms with Gasteiger partial charge in [-0.1, -0.05) is 6.92 Å². The second-order valence-electron chi connectivity index (χ2n) is 6.11. The van der Waals surface area contributed by atoms with E-state index in [0.717, 1.165) is 0 Å². The van der Waals surface area contributed by atoms with Gasteiger partial charge in [0.2, 0.25) is 0 Å². The fraction of sp³-hybridized carbons (Fsp3) is 1.00. The maximum absolute atomic E-state index is 10.2. The molecule has 2 saturated heterocycles. The number of hydrogen-bond acceptors (Lipinski definition) is 10. The highest BCUT2D eigenvalue weighted by Crippen LogP contribution is 2.31. The summed E-state index contributed by atoms with van der Waals surface area (Å²) in [5.74, 6) is -0.533. The van der Waals surface area contributed by atoms with Crippen LogP contribution in [0.3, 0.4) is 0 Å². The van der Waals surface area contributed by atoms with Crippen molar-refractivity contribution in [1.82, 2.24) is 0 Å². The molecule has 0 aromatic rings. The van der Waals surface area contributed by atoms with Gasteiger partial charge >= 0.3 is 0 Å². The maximum Gasteiger partial charge on any atom is 0.187 e. The molecule has 0 amide bonds. The van der Waals surface area contributed by atoms with E-state index in [2.05, 4.69) is 0 Å². The smallest absolute Gasteiger partial charge is 0.187 e. The molecule has 2 fully saturated rings. The molecule has 10 heteroatoms. The molecule has 142 valence electrons. The van der Waals surface area contributed by atoms with E-state index < -0.39 is 74.4 Å². The second-order valence-corrected chi connectivity index (χ2v) is 6.11. The third-order valence-electron chi connectivity index (χ3n) is 4.59. The van der Waals surface area contributed by atoms with Crippen molar-refractivity contribution in [2.45, 2.75) is 62.2 Å². The van der Waals surface area contributed by atoms with Crippen molar-refractivity contribution in [2.75, 3.05) is 20.3 Å². The predicted octanol–water partition coefficient (Wildman–Crippen LogP) is -3.47. The van der Waals surface area contributed by atoms with Gasteiger partial charge in [-0.3, -0.25) is 0 Å². The summed E-state index contributed by atoms with van der Waals surface area (Å²) in [5, 5.41) is 59.0. The summed E-state index contributed by atoms with van der Waals surface area (Å²) in [7, 11) is 1.27.